The van der Waals surface area contributed by atoms with Crippen molar-refractivity contribution in [1.82, 2.24) is 19.8 Å². The lowest BCUT2D eigenvalue weighted by molar-refractivity contribution is -0.131. The first-order valence-corrected chi connectivity index (χ1v) is 12.7. The Balaban J connectivity index is 1.55. The SMILES string of the molecule is COc1ccc(CCN(C)C(=O)CSc2nc(Cl)cc(N3CCN(C(C)=O)C(C)C3)n2)cc1OC. The smallest absolute Gasteiger partial charge is 0.232 e. The van der Waals surface area contributed by atoms with E-state index in [1.54, 1.807) is 39.2 Å². The Morgan fingerprint density at radius 2 is 1.91 bits per heavy atom. The fourth-order valence-corrected chi connectivity index (χ4v) is 4.96. The minimum atomic E-state index is -0.0238. The van der Waals surface area contributed by atoms with Crippen LogP contribution in [0.4, 0.5) is 5.82 Å². The van der Waals surface area contributed by atoms with E-state index in [1.807, 2.05) is 30.0 Å². The molecule has 1 aliphatic heterocycles. The summed E-state index contributed by atoms with van der Waals surface area (Å²) in [6, 6.07) is 7.54. The predicted octanol–water partition coefficient (Wildman–Crippen LogP) is 3.00. The van der Waals surface area contributed by atoms with Crippen LogP contribution in [0.25, 0.3) is 0 Å². The Morgan fingerprint density at radius 3 is 2.57 bits per heavy atom. The van der Waals surface area contributed by atoms with Crippen molar-refractivity contribution in [2.24, 2.45) is 0 Å². The zero-order chi connectivity index (χ0) is 25.5. The van der Waals surface area contributed by atoms with Gasteiger partial charge in [-0.15, -0.1) is 0 Å². The number of thioether (sulfide) groups is 1. The maximum absolute atomic E-state index is 12.7. The van der Waals surface area contributed by atoms with E-state index >= 15 is 0 Å². The summed E-state index contributed by atoms with van der Waals surface area (Å²) >= 11 is 7.52. The monoisotopic (exact) mass is 521 g/mol. The number of rotatable bonds is 9. The van der Waals surface area contributed by atoms with Gasteiger partial charge in [0.15, 0.2) is 16.7 Å². The lowest BCUT2D eigenvalue weighted by Crippen LogP contribution is -2.53. The van der Waals surface area contributed by atoms with Crippen LogP contribution in [-0.4, -0.2) is 90.8 Å². The third kappa shape index (κ3) is 7.14. The number of hydrogen-bond acceptors (Lipinski definition) is 8. The van der Waals surface area contributed by atoms with Crippen molar-refractivity contribution in [3.8, 4) is 11.5 Å². The maximum Gasteiger partial charge on any atom is 0.232 e. The summed E-state index contributed by atoms with van der Waals surface area (Å²) in [6.07, 6.45) is 0.690. The molecule has 0 N–H and O–H groups in total. The van der Waals surface area contributed by atoms with Gasteiger partial charge in [-0.25, -0.2) is 9.97 Å². The number of hydrogen-bond donors (Lipinski definition) is 0. The molecule has 0 saturated carbocycles. The van der Waals surface area contributed by atoms with Crippen LogP contribution in [-0.2, 0) is 16.0 Å². The second kappa shape index (κ2) is 12.3. The molecule has 1 aromatic heterocycles. The van der Waals surface area contributed by atoms with Crippen LogP contribution in [0.15, 0.2) is 29.4 Å². The van der Waals surface area contributed by atoms with E-state index in [9.17, 15) is 9.59 Å². The number of carbonyl (C=O) groups is 2. The molecule has 1 aromatic carbocycles. The quantitative estimate of drug-likeness (QED) is 0.283. The largest absolute Gasteiger partial charge is 0.493 e. The third-order valence-corrected chi connectivity index (χ3v) is 6.98. The molecular weight excluding hydrogens is 490 g/mol. The summed E-state index contributed by atoms with van der Waals surface area (Å²) in [5.41, 5.74) is 1.05. The molecule has 1 atom stereocenters. The van der Waals surface area contributed by atoms with Crippen molar-refractivity contribution >= 4 is 41.0 Å². The average molecular weight is 522 g/mol. The highest BCUT2D eigenvalue weighted by Crippen LogP contribution is 2.28. The Labute approximate surface area is 215 Å². The summed E-state index contributed by atoms with van der Waals surface area (Å²) in [4.78, 5) is 39.0. The fraction of sp³-hybridized carbons (Fsp3) is 0.500. The molecular formula is C24H32ClN5O4S. The summed E-state index contributed by atoms with van der Waals surface area (Å²) in [6.45, 7) is 6.12. The summed E-state index contributed by atoms with van der Waals surface area (Å²) in [7, 11) is 4.98. The molecule has 11 heteroatoms. The Bertz CT molecular complexity index is 1060. The number of amides is 2. The molecule has 3 rings (SSSR count). The first kappa shape index (κ1) is 26.9. The van der Waals surface area contributed by atoms with Gasteiger partial charge in [0, 0.05) is 52.3 Å². The van der Waals surface area contributed by atoms with Crippen molar-refractivity contribution < 1.29 is 19.1 Å². The lowest BCUT2D eigenvalue weighted by Gasteiger charge is -2.40. The molecule has 1 saturated heterocycles. The van der Waals surface area contributed by atoms with Crippen LogP contribution in [0, 0.1) is 0 Å². The van der Waals surface area contributed by atoms with Crippen LogP contribution in [0.3, 0.4) is 0 Å². The Kier molecular flexibility index (Phi) is 9.45. The molecule has 190 valence electrons. The average Bonchev–Trinajstić information content (AvgIpc) is 2.84. The van der Waals surface area contributed by atoms with E-state index in [-0.39, 0.29) is 23.6 Å². The van der Waals surface area contributed by atoms with Gasteiger partial charge in [0.1, 0.15) is 11.0 Å². The number of halogens is 1. The van der Waals surface area contributed by atoms with Crippen molar-refractivity contribution in [3.63, 3.8) is 0 Å². The molecule has 35 heavy (non-hydrogen) atoms. The highest BCUT2D eigenvalue weighted by atomic mass is 35.5. The molecule has 0 spiro atoms. The first-order chi connectivity index (χ1) is 16.7. The number of methoxy groups -OCH3 is 2. The lowest BCUT2D eigenvalue weighted by atomic mass is 10.1. The van der Waals surface area contributed by atoms with E-state index in [2.05, 4.69) is 14.9 Å². The predicted molar refractivity (Wildman–Crippen MR) is 138 cm³/mol. The number of carbonyl (C=O) groups excluding carboxylic acids is 2. The van der Waals surface area contributed by atoms with Crippen LogP contribution < -0.4 is 14.4 Å². The summed E-state index contributed by atoms with van der Waals surface area (Å²) in [5.74, 6) is 2.30. The molecule has 0 aliphatic carbocycles. The summed E-state index contributed by atoms with van der Waals surface area (Å²) < 4.78 is 10.6. The minimum Gasteiger partial charge on any atom is -0.493 e. The van der Waals surface area contributed by atoms with Crippen LogP contribution in [0.1, 0.15) is 19.4 Å². The molecule has 1 unspecified atom stereocenters. The Morgan fingerprint density at radius 1 is 1.17 bits per heavy atom. The molecule has 1 fully saturated rings. The van der Waals surface area contributed by atoms with Crippen LogP contribution in [0.2, 0.25) is 5.15 Å². The van der Waals surface area contributed by atoms with Gasteiger partial charge >= 0.3 is 0 Å². The number of aromatic nitrogens is 2. The standard InChI is InChI=1S/C24H32ClN5O4S/c1-16-14-29(10-11-30(16)17(2)31)22-13-21(25)26-24(27-22)35-15-23(32)28(3)9-8-18-6-7-19(33-4)20(12-18)34-5/h6-7,12-13,16H,8-11,14-15H2,1-5H3. The van der Waals surface area contributed by atoms with Crippen LogP contribution >= 0.6 is 23.4 Å². The fourth-order valence-electron chi connectivity index (χ4n) is 3.94. The van der Waals surface area contributed by atoms with E-state index < -0.39 is 0 Å². The first-order valence-electron chi connectivity index (χ1n) is 11.4. The van der Waals surface area contributed by atoms with Crippen molar-refractivity contribution in [2.45, 2.75) is 31.5 Å². The minimum absolute atomic E-state index is 0.0238. The highest BCUT2D eigenvalue weighted by molar-refractivity contribution is 7.99. The molecule has 2 heterocycles. The van der Waals surface area contributed by atoms with Gasteiger partial charge in [0.25, 0.3) is 0 Å². The second-order valence-electron chi connectivity index (χ2n) is 8.38. The van der Waals surface area contributed by atoms with E-state index in [1.165, 1.54) is 11.8 Å². The molecule has 1 aliphatic rings. The van der Waals surface area contributed by atoms with Gasteiger partial charge in [0.05, 0.1) is 20.0 Å². The number of ether oxygens (including phenoxy) is 2. The van der Waals surface area contributed by atoms with Crippen molar-refractivity contribution in [3.05, 3.63) is 35.0 Å². The second-order valence-corrected chi connectivity index (χ2v) is 9.71. The highest BCUT2D eigenvalue weighted by Gasteiger charge is 2.26. The zero-order valence-corrected chi connectivity index (χ0v) is 22.4. The molecule has 2 amide bonds. The summed E-state index contributed by atoms with van der Waals surface area (Å²) in [5, 5.41) is 0.782. The van der Waals surface area contributed by atoms with Gasteiger partial charge in [-0.3, -0.25) is 9.59 Å². The van der Waals surface area contributed by atoms with Gasteiger partial charge in [0.2, 0.25) is 11.8 Å². The molecule has 9 nitrogen and oxygen atoms in total. The molecule has 0 bridgehead atoms. The number of likely N-dealkylation sites (N-methyl/N-ethyl adjacent to an activating group) is 1. The van der Waals surface area contributed by atoms with E-state index in [0.29, 0.717) is 60.2 Å². The number of nitrogens with zero attached hydrogens (tertiary/aromatic N) is 5. The number of benzene rings is 1. The molecule has 2 aromatic rings. The van der Waals surface area contributed by atoms with Gasteiger partial charge in [-0.05, 0) is 31.0 Å². The topological polar surface area (TPSA) is 88.1 Å². The van der Waals surface area contributed by atoms with Gasteiger partial charge in [-0.2, -0.15) is 0 Å². The van der Waals surface area contributed by atoms with Crippen molar-refractivity contribution in [2.75, 3.05) is 58.1 Å². The number of piperazine rings is 1. The van der Waals surface area contributed by atoms with Crippen LogP contribution in [0.5, 0.6) is 11.5 Å². The normalized spacial score (nSPS) is 15.7. The number of anilines is 1. The van der Waals surface area contributed by atoms with Gasteiger partial charge in [-0.1, -0.05) is 29.4 Å². The van der Waals surface area contributed by atoms with E-state index in [0.717, 1.165) is 5.56 Å². The van der Waals surface area contributed by atoms with Gasteiger partial charge < -0.3 is 24.2 Å². The van der Waals surface area contributed by atoms with E-state index in [4.69, 9.17) is 21.1 Å². The zero-order valence-electron chi connectivity index (χ0n) is 20.8. The Hall–Kier alpha value is -2.72. The third-order valence-electron chi connectivity index (χ3n) is 5.95. The maximum atomic E-state index is 12.7. The molecule has 0 radical (unpaired) electrons. The van der Waals surface area contributed by atoms with Crippen molar-refractivity contribution in [1.29, 1.82) is 0 Å².